The average molecular weight is 485 g/mol. The van der Waals surface area contributed by atoms with Gasteiger partial charge in [-0.05, 0) is 47.9 Å². The Bertz CT molecular complexity index is 1140. The fourth-order valence-electron chi connectivity index (χ4n) is 5.32. The molecule has 0 spiro atoms. The van der Waals surface area contributed by atoms with E-state index >= 15 is 0 Å². The maximum Gasteiger partial charge on any atom is 0.319 e. The van der Waals surface area contributed by atoms with Gasteiger partial charge in [0.15, 0.2) is 23.0 Å². The van der Waals surface area contributed by atoms with Gasteiger partial charge < -0.3 is 33.5 Å². The van der Waals surface area contributed by atoms with Crippen LogP contribution in [0, 0.1) is 11.8 Å². The van der Waals surface area contributed by atoms with Crippen molar-refractivity contribution in [1.29, 1.82) is 0 Å². The van der Waals surface area contributed by atoms with Crippen molar-refractivity contribution in [2.75, 3.05) is 40.8 Å². The second-order valence-electron chi connectivity index (χ2n) is 8.57. The average Bonchev–Trinajstić information content (AvgIpc) is 3.47. The quantitative estimate of drug-likeness (QED) is 0.565. The molecule has 0 amide bonds. The highest BCUT2D eigenvalue weighted by atomic mass is 16.7. The fourth-order valence-corrected chi connectivity index (χ4v) is 5.32. The molecule has 35 heavy (non-hydrogen) atoms. The summed E-state index contributed by atoms with van der Waals surface area (Å²) in [6.07, 6.45) is 0. The molecule has 0 unspecified atom stereocenters. The van der Waals surface area contributed by atoms with Crippen molar-refractivity contribution in [1.82, 2.24) is 5.32 Å². The number of hydrogen-bond acceptors (Lipinski definition) is 10. The third-order valence-electron chi connectivity index (χ3n) is 6.82. The maximum atomic E-state index is 13.1. The number of esters is 2. The molecule has 2 N–H and O–H groups in total. The highest BCUT2D eigenvalue weighted by Crippen LogP contribution is 2.55. The largest absolute Gasteiger partial charge is 0.502 e. The smallest absolute Gasteiger partial charge is 0.319 e. The van der Waals surface area contributed by atoms with Crippen molar-refractivity contribution in [3.63, 3.8) is 0 Å². The molecule has 1 fully saturated rings. The van der Waals surface area contributed by atoms with Crippen LogP contribution in [0.4, 0.5) is 0 Å². The van der Waals surface area contributed by atoms with E-state index in [1.165, 1.54) is 14.2 Å². The Kier molecular flexibility index (Phi) is 6.06. The third-order valence-corrected chi connectivity index (χ3v) is 6.82. The lowest BCUT2D eigenvalue weighted by Crippen LogP contribution is -2.42. The van der Waals surface area contributed by atoms with Gasteiger partial charge in [-0.15, -0.1) is 0 Å². The number of nitrogens with one attached hydrogen (secondary N) is 1. The monoisotopic (exact) mass is 485 g/mol. The van der Waals surface area contributed by atoms with Gasteiger partial charge in [0.2, 0.25) is 12.5 Å². The number of rotatable bonds is 7. The van der Waals surface area contributed by atoms with Crippen LogP contribution in [-0.4, -0.2) is 57.8 Å². The summed E-state index contributed by atoms with van der Waals surface area (Å²) in [5, 5.41) is 13.7. The van der Waals surface area contributed by atoms with Gasteiger partial charge >= 0.3 is 11.9 Å². The minimum Gasteiger partial charge on any atom is -0.502 e. The van der Waals surface area contributed by atoms with Crippen LogP contribution >= 0.6 is 0 Å². The van der Waals surface area contributed by atoms with E-state index in [0.29, 0.717) is 17.1 Å². The van der Waals surface area contributed by atoms with Gasteiger partial charge in [0.1, 0.15) is 0 Å². The SMILES string of the molecule is CCOC(=O)CN[C@@H]1c2cc3c(cc2[C@@H](c2cc(OC)c(O)c(OC)c2)[C@H]2C(=O)OC[C@@H]21)OCO3. The van der Waals surface area contributed by atoms with Crippen molar-refractivity contribution in [2.45, 2.75) is 18.9 Å². The summed E-state index contributed by atoms with van der Waals surface area (Å²) in [5.41, 5.74) is 2.41. The summed E-state index contributed by atoms with van der Waals surface area (Å²) >= 11 is 0. The second kappa shape index (κ2) is 9.18. The van der Waals surface area contributed by atoms with Crippen LogP contribution in [0.1, 0.15) is 35.6 Å². The first-order chi connectivity index (χ1) is 17.0. The molecule has 4 atom stereocenters. The summed E-state index contributed by atoms with van der Waals surface area (Å²) in [7, 11) is 2.90. The van der Waals surface area contributed by atoms with E-state index < -0.39 is 11.8 Å². The molecule has 2 aromatic carbocycles. The van der Waals surface area contributed by atoms with Gasteiger partial charge in [0.25, 0.3) is 0 Å². The Morgan fingerprint density at radius 1 is 1.06 bits per heavy atom. The van der Waals surface area contributed by atoms with Crippen LogP contribution in [0.25, 0.3) is 0 Å². The number of hydrogen-bond donors (Lipinski definition) is 2. The zero-order chi connectivity index (χ0) is 24.7. The first-order valence-electron chi connectivity index (χ1n) is 11.4. The summed E-state index contributed by atoms with van der Waals surface area (Å²) in [6.45, 7) is 2.30. The summed E-state index contributed by atoms with van der Waals surface area (Å²) < 4.78 is 32.6. The molecule has 3 aliphatic rings. The fraction of sp³-hybridized carbons (Fsp3) is 0.440. The molecule has 5 rings (SSSR count). The predicted octanol–water partition coefficient (Wildman–Crippen LogP) is 2.27. The van der Waals surface area contributed by atoms with Gasteiger partial charge in [-0.25, -0.2) is 0 Å². The van der Waals surface area contributed by atoms with Crippen LogP contribution in [0.5, 0.6) is 28.7 Å². The number of phenolic OH excluding ortho intramolecular Hbond substituents is 1. The molecule has 2 aliphatic heterocycles. The molecule has 1 saturated heterocycles. The Balaban J connectivity index is 1.66. The Morgan fingerprint density at radius 3 is 2.34 bits per heavy atom. The minimum atomic E-state index is -0.554. The van der Waals surface area contributed by atoms with Crippen molar-refractivity contribution in [3.05, 3.63) is 41.0 Å². The number of aromatic hydroxyl groups is 1. The van der Waals surface area contributed by atoms with E-state index in [9.17, 15) is 14.7 Å². The van der Waals surface area contributed by atoms with E-state index in [2.05, 4.69) is 5.32 Å². The second-order valence-corrected chi connectivity index (χ2v) is 8.57. The minimum absolute atomic E-state index is 0.0185. The molecule has 0 bridgehead atoms. The lowest BCUT2D eigenvalue weighted by Gasteiger charge is -2.39. The Hall–Kier alpha value is -3.66. The van der Waals surface area contributed by atoms with Gasteiger partial charge in [0, 0.05) is 17.9 Å². The number of carbonyl (C=O) groups is 2. The first kappa shape index (κ1) is 23.1. The van der Waals surface area contributed by atoms with Crippen molar-refractivity contribution in [2.24, 2.45) is 11.8 Å². The van der Waals surface area contributed by atoms with E-state index in [4.69, 9.17) is 28.4 Å². The van der Waals surface area contributed by atoms with Crippen molar-refractivity contribution in [3.8, 4) is 28.7 Å². The summed E-state index contributed by atoms with van der Waals surface area (Å²) in [5.74, 6) is -0.482. The highest BCUT2D eigenvalue weighted by molar-refractivity contribution is 5.79. The molecular weight excluding hydrogens is 458 g/mol. The Labute approximate surface area is 202 Å². The van der Waals surface area contributed by atoms with Crippen LogP contribution in [0.2, 0.25) is 0 Å². The summed E-state index contributed by atoms with van der Waals surface area (Å²) in [6, 6.07) is 6.80. The molecule has 0 radical (unpaired) electrons. The Morgan fingerprint density at radius 2 is 1.71 bits per heavy atom. The molecule has 1 aliphatic carbocycles. The van der Waals surface area contributed by atoms with Gasteiger partial charge in [-0.1, -0.05) is 0 Å². The molecule has 10 heteroatoms. The van der Waals surface area contributed by atoms with Gasteiger partial charge in [-0.3, -0.25) is 14.9 Å². The van der Waals surface area contributed by atoms with Crippen molar-refractivity contribution < 1.29 is 43.1 Å². The number of carbonyl (C=O) groups excluding carboxylic acids is 2. The molecule has 0 saturated carbocycles. The highest BCUT2D eigenvalue weighted by Gasteiger charge is 2.52. The lowest BCUT2D eigenvalue weighted by molar-refractivity contribution is -0.142. The zero-order valence-corrected chi connectivity index (χ0v) is 19.7. The van der Waals surface area contributed by atoms with Crippen LogP contribution in [0.3, 0.4) is 0 Å². The van der Waals surface area contributed by atoms with Crippen molar-refractivity contribution >= 4 is 11.9 Å². The van der Waals surface area contributed by atoms with Gasteiger partial charge in [0.05, 0.1) is 39.9 Å². The van der Waals surface area contributed by atoms with Gasteiger partial charge in [-0.2, -0.15) is 0 Å². The standard InChI is InChI=1S/C25H27NO9/c1-4-32-20(27)9-26-23-14-8-17-16(34-11-35-17)7-13(14)21(22-15(23)10-33-25(22)29)12-5-18(30-2)24(28)19(6-12)31-3/h5-8,15,21-23,26,28H,4,9-11H2,1-3H3/t15-,21+,22-,23+/m0/s1. The molecule has 0 aromatic heterocycles. The van der Waals surface area contributed by atoms with E-state index in [-0.39, 0.29) is 67.7 Å². The zero-order valence-electron chi connectivity index (χ0n) is 19.7. The number of ether oxygens (including phenoxy) is 6. The number of fused-ring (bicyclic) bond motifs is 3. The van der Waals surface area contributed by atoms with E-state index in [0.717, 1.165) is 11.1 Å². The lowest BCUT2D eigenvalue weighted by atomic mass is 9.65. The molecule has 2 aromatic rings. The van der Waals surface area contributed by atoms with Crippen LogP contribution in [-0.2, 0) is 19.1 Å². The number of benzene rings is 2. The van der Waals surface area contributed by atoms with Crippen LogP contribution < -0.4 is 24.3 Å². The molecule has 186 valence electrons. The summed E-state index contributed by atoms with van der Waals surface area (Å²) in [4.78, 5) is 25.2. The normalized spacial score (nSPS) is 23.8. The third kappa shape index (κ3) is 3.87. The number of methoxy groups -OCH3 is 2. The number of cyclic esters (lactones) is 1. The first-order valence-corrected chi connectivity index (χ1v) is 11.4. The molecule has 10 nitrogen and oxygen atoms in total. The predicted molar refractivity (Wildman–Crippen MR) is 121 cm³/mol. The molecule has 2 heterocycles. The topological polar surface area (TPSA) is 122 Å². The van der Waals surface area contributed by atoms with E-state index in [1.54, 1.807) is 19.1 Å². The van der Waals surface area contributed by atoms with Crippen LogP contribution in [0.15, 0.2) is 24.3 Å². The number of phenols is 1. The molecular formula is C25H27NO9. The maximum absolute atomic E-state index is 13.1. The van der Waals surface area contributed by atoms with E-state index in [1.807, 2.05) is 12.1 Å².